The van der Waals surface area contributed by atoms with Crippen molar-refractivity contribution in [1.82, 2.24) is 0 Å². The first-order valence-corrected chi connectivity index (χ1v) is 7.52. The van der Waals surface area contributed by atoms with Crippen molar-refractivity contribution in [3.05, 3.63) is 76.9 Å². The lowest BCUT2D eigenvalue weighted by molar-refractivity contribution is -0.140. The number of ketones is 1. The van der Waals surface area contributed by atoms with Crippen molar-refractivity contribution in [1.29, 1.82) is 0 Å². The second-order valence-electron chi connectivity index (χ2n) is 5.49. The van der Waals surface area contributed by atoms with E-state index in [1.54, 1.807) is 19.1 Å². The number of esters is 1. The SMILES string of the molecule is Cc1ccc(C(=O)C(C)OC(=O)C=Cc2ccccc2)cc1C. The molecule has 1 unspecified atom stereocenters. The summed E-state index contributed by atoms with van der Waals surface area (Å²) in [4.78, 5) is 24.1. The zero-order valence-corrected chi connectivity index (χ0v) is 13.6. The van der Waals surface area contributed by atoms with Gasteiger partial charge >= 0.3 is 5.97 Å². The van der Waals surface area contributed by atoms with Gasteiger partial charge in [-0.05, 0) is 49.6 Å². The fraction of sp³-hybridized carbons (Fsp3) is 0.200. The Bertz CT molecular complexity index is 730. The fourth-order valence-electron chi connectivity index (χ4n) is 2.12. The Kier molecular flexibility index (Phi) is 5.47. The molecule has 2 aromatic carbocycles. The largest absolute Gasteiger partial charge is 0.451 e. The second-order valence-corrected chi connectivity index (χ2v) is 5.49. The number of benzene rings is 2. The number of ether oxygens (including phenoxy) is 1. The molecule has 3 heteroatoms. The summed E-state index contributed by atoms with van der Waals surface area (Å²) in [5, 5.41) is 0. The third-order valence-electron chi connectivity index (χ3n) is 3.67. The topological polar surface area (TPSA) is 43.4 Å². The number of Topliss-reactive ketones (excluding diaryl/α,β-unsaturated/α-hetero) is 1. The van der Waals surface area contributed by atoms with E-state index < -0.39 is 12.1 Å². The van der Waals surface area contributed by atoms with Crippen LogP contribution in [0.5, 0.6) is 0 Å². The molecular weight excluding hydrogens is 288 g/mol. The first-order valence-electron chi connectivity index (χ1n) is 7.52. The van der Waals surface area contributed by atoms with Gasteiger partial charge in [-0.3, -0.25) is 4.79 Å². The van der Waals surface area contributed by atoms with Gasteiger partial charge in [0.05, 0.1) is 0 Å². The van der Waals surface area contributed by atoms with Gasteiger partial charge < -0.3 is 4.74 Å². The summed E-state index contributed by atoms with van der Waals surface area (Å²) in [6.07, 6.45) is 2.18. The standard InChI is InChI=1S/C20H20O3/c1-14-9-11-18(13-15(14)2)20(22)16(3)23-19(21)12-10-17-7-5-4-6-8-17/h4-13,16H,1-3H3. The Labute approximate surface area is 136 Å². The van der Waals surface area contributed by atoms with Crippen molar-refractivity contribution >= 4 is 17.8 Å². The van der Waals surface area contributed by atoms with Crippen LogP contribution in [0.2, 0.25) is 0 Å². The number of aryl methyl sites for hydroxylation is 2. The summed E-state index contributed by atoms with van der Waals surface area (Å²) in [7, 11) is 0. The van der Waals surface area contributed by atoms with Crippen LogP contribution in [0, 0.1) is 13.8 Å². The number of rotatable bonds is 5. The van der Waals surface area contributed by atoms with Gasteiger partial charge in [-0.2, -0.15) is 0 Å². The van der Waals surface area contributed by atoms with Crippen LogP contribution in [0.25, 0.3) is 6.08 Å². The summed E-state index contributed by atoms with van der Waals surface area (Å²) in [6, 6.07) is 14.9. The van der Waals surface area contributed by atoms with Gasteiger partial charge in [0.1, 0.15) is 0 Å². The lowest BCUT2D eigenvalue weighted by Gasteiger charge is -2.12. The van der Waals surface area contributed by atoms with E-state index in [1.807, 2.05) is 56.3 Å². The van der Waals surface area contributed by atoms with Crippen molar-refractivity contribution in [3.8, 4) is 0 Å². The van der Waals surface area contributed by atoms with E-state index >= 15 is 0 Å². The first-order chi connectivity index (χ1) is 11.0. The molecule has 0 saturated carbocycles. The number of carbonyl (C=O) groups is 2. The predicted octanol–water partition coefficient (Wildman–Crippen LogP) is 4.13. The number of hydrogen-bond donors (Lipinski definition) is 0. The van der Waals surface area contributed by atoms with Crippen LogP contribution < -0.4 is 0 Å². The lowest BCUT2D eigenvalue weighted by Crippen LogP contribution is -2.23. The molecule has 0 radical (unpaired) electrons. The highest BCUT2D eigenvalue weighted by Crippen LogP contribution is 2.13. The van der Waals surface area contributed by atoms with E-state index in [9.17, 15) is 9.59 Å². The molecule has 0 N–H and O–H groups in total. The quantitative estimate of drug-likeness (QED) is 0.474. The molecule has 0 aliphatic rings. The molecule has 0 spiro atoms. The molecule has 2 aromatic rings. The van der Waals surface area contributed by atoms with Gasteiger partial charge in [-0.15, -0.1) is 0 Å². The molecule has 0 aliphatic heterocycles. The third kappa shape index (κ3) is 4.65. The van der Waals surface area contributed by atoms with Crippen molar-refractivity contribution in [2.45, 2.75) is 26.9 Å². The molecule has 1 atom stereocenters. The van der Waals surface area contributed by atoms with E-state index in [0.29, 0.717) is 5.56 Å². The summed E-state index contributed by atoms with van der Waals surface area (Å²) in [6.45, 7) is 5.53. The zero-order chi connectivity index (χ0) is 16.8. The van der Waals surface area contributed by atoms with Crippen molar-refractivity contribution in [2.24, 2.45) is 0 Å². The van der Waals surface area contributed by atoms with Crippen LogP contribution in [0.1, 0.15) is 34.0 Å². The Hall–Kier alpha value is -2.68. The van der Waals surface area contributed by atoms with Crippen molar-refractivity contribution < 1.29 is 14.3 Å². The molecule has 0 heterocycles. The maximum absolute atomic E-state index is 12.3. The molecule has 3 nitrogen and oxygen atoms in total. The first kappa shape index (κ1) is 16.7. The molecule has 0 saturated heterocycles. The maximum atomic E-state index is 12.3. The van der Waals surface area contributed by atoms with Crippen LogP contribution in [-0.4, -0.2) is 17.9 Å². The minimum absolute atomic E-state index is 0.199. The van der Waals surface area contributed by atoms with Crippen molar-refractivity contribution in [2.75, 3.05) is 0 Å². The van der Waals surface area contributed by atoms with Crippen LogP contribution >= 0.6 is 0 Å². The van der Waals surface area contributed by atoms with Gasteiger partial charge in [-0.1, -0.05) is 42.5 Å². The average Bonchev–Trinajstić information content (AvgIpc) is 2.55. The van der Waals surface area contributed by atoms with Gasteiger partial charge in [0, 0.05) is 11.6 Å². The van der Waals surface area contributed by atoms with E-state index in [-0.39, 0.29) is 5.78 Å². The van der Waals surface area contributed by atoms with Gasteiger partial charge in [0.15, 0.2) is 6.10 Å². The molecule has 0 aliphatic carbocycles. The molecule has 23 heavy (non-hydrogen) atoms. The molecule has 118 valence electrons. The summed E-state index contributed by atoms with van der Waals surface area (Å²) in [5.41, 5.74) is 3.62. The maximum Gasteiger partial charge on any atom is 0.331 e. The Balaban J connectivity index is 1.99. The molecule has 0 amide bonds. The highest BCUT2D eigenvalue weighted by atomic mass is 16.5. The monoisotopic (exact) mass is 308 g/mol. The Morgan fingerprint density at radius 1 is 1.00 bits per heavy atom. The average molecular weight is 308 g/mol. The Morgan fingerprint density at radius 3 is 2.35 bits per heavy atom. The summed E-state index contributed by atoms with van der Waals surface area (Å²) >= 11 is 0. The van der Waals surface area contributed by atoms with Crippen molar-refractivity contribution in [3.63, 3.8) is 0 Å². The second kappa shape index (κ2) is 7.54. The molecule has 2 rings (SSSR count). The highest BCUT2D eigenvalue weighted by molar-refractivity contribution is 6.01. The van der Waals surface area contributed by atoms with Crippen LogP contribution in [0.4, 0.5) is 0 Å². The molecule has 0 aromatic heterocycles. The normalized spacial score (nSPS) is 12.1. The van der Waals surface area contributed by atoms with Crippen LogP contribution in [0.3, 0.4) is 0 Å². The molecule has 0 fully saturated rings. The summed E-state index contributed by atoms with van der Waals surface area (Å²) in [5.74, 6) is -0.729. The highest BCUT2D eigenvalue weighted by Gasteiger charge is 2.18. The molecular formula is C20H20O3. The van der Waals surface area contributed by atoms with E-state index in [1.165, 1.54) is 6.08 Å². The smallest absolute Gasteiger partial charge is 0.331 e. The van der Waals surface area contributed by atoms with Gasteiger partial charge in [-0.25, -0.2) is 4.79 Å². The minimum Gasteiger partial charge on any atom is -0.451 e. The van der Waals surface area contributed by atoms with E-state index in [2.05, 4.69) is 0 Å². The lowest BCUT2D eigenvalue weighted by atomic mass is 10.0. The van der Waals surface area contributed by atoms with Gasteiger partial charge in [0.25, 0.3) is 0 Å². The van der Waals surface area contributed by atoms with E-state index in [0.717, 1.165) is 16.7 Å². The Morgan fingerprint density at radius 2 is 1.70 bits per heavy atom. The minimum atomic E-state index is -0.815. The number of carbonyl (C=O) groups excluding carboxylic acids is 2. The zero-order valence-electron chi connectivity index (χ0n) is 13.6. The van der Waals surface area contributed by atoms with Gasteiger partial charge in [0.2, 0.25) is 5.78 Å². The predicted molar refractivity (Wildman–Crippen MR) is 91.3 cm³/mol. The van der Waals surface area contributed by atoms with Crippen LogP contribution in [0.15, 0.2) is 54.6 Å². The fourth-order valence-corrected chi connectivity index (χ4v) is 2.12. The van der Waals surface area contributed by atoms with Crippen LogP contribution in [-0.2, 0) is 9.53 Å². The van der Waals surface area contributed by atoms with E-state index in [4.69, 9.17) is 4.74 Å². The summed E-state index contributed by atoms with van der Waals surface area (Å²) < 4.78 is 5.18. The number of hydrogen-bond acceptors (Lipinski definition) is 3. The third-order valence-corrected chi connectivity index (χ3v) is 3.67. The molecule has 0 bridgehead atoms.